The summed E-state index contributed by atoms with van der Waals surface area (Å²) in [6.07, 6.45) is 1.92. The van der Waals surface area contributed by atoms with Gasteiger partial charge < -0.3 is 15.2 Å². The molecule has 22 heavy (non-hydrogen) atoms. The van der Waals surface area contributed by atoms with Crippen LogP contribution in [0.15, 0.2) is 36.4 Å². The molecule has 0 bridgehead atoms. The van der Waals surface area contributed by atoms with Crippen LogP contribution in [0.5, 0.6) is 11.5 Å². The first-order valence-corrected chi connectivity index (χ1v) is 7.76. The molecule has 0 saturated carbocycles. The van der Waals surface area contributed by atoms with Crippen molar-refractivity contribution in [1.29, 1.82) is 0 Å². The third-order valence-corrected chi connectivity index (χ3v) is 3.87. The maximum absolute atomic E-state index is 5.86. The minimum Gasteiger partial charge on any atom is -0.494 e. The van der Waals surface area contributed by atoms with E-state index < -0.39 is 0 Å². The van der Waals surface area contributed by atoms with E-state index in [0.717, 1.165) is 35.6 Å². The summed E-state index contributed by atoms with van der Waals surface area (Å²) in [6, 6.07) is 12.0. The van der Waals surface area contributed by atoms with Gasteiger partial charge in [-0.2, -0.15) is 0 Å². The molecule has 0 amide bonds. The lowest BCUT2D eigenvalue weighted by Crippen LogP contribution is -2.04. The quantitative estimate of drug-likeness (QED) is 0.607. The molecule has 0 spiro atoms. The van der Waals surface area contributed by atoms with E-state index in [9.17, 15) is 0 Å². The van der Waals surface area contributed by atoms with Crippen LogP contribution >= 0.6 is 0 Å². The van der Waals surface area contributed by atoms with E-state index in [0.29, 0.717) is 13.2 Å². The minimum atomic E-state index is 0.679. The zero-order valence-electron chi connectivity index (χ0n) is 13.7. The normalized spacial score (nSPS) is 10.5. The smallest absolute Gasteiger partial charge is 0.122 e. The molecule has 3 heteroatoms. The number of hydrogen-bond donors (Lipinski definition) is 1. The zero-order valence-corrected chi connectivity index (χ0v) is 13.7. The molecule has 2 aromatic carbocycles. The van der Waals surface area contributed by atoms with Gasteiger partial charge in [-0.1, -0.05) is 18.2 Å². The van der Waals surface area contributed by atoms with Crippen molar-refractivity contribution in [2.45, 2.75) is 33.6 Å². The van der Waals surface area contributed by atoms with Crippen LogP contribution in [0.2, 0.25) is 0 Å². The van der Waals surface area contributed by atoms with Crippen molar-refractivity contribution in [3.63, 3.8) is 0 Å². The number of ether oxygens (including phenoxy) is 2. The highest BCUT2D eigenvalue weighted by molar-refractivity contribution is 5.50. The Morgan fingerprint density at radius 3 is 2.32 bits per heavy atom. The van der Waals surface area contributed by atoms with Crippen molar-refractivity contribution in [1.82, 2.24) is 0 Å². The first kappa shape index (κ1) is 16.2. The van der Waals surface area contributed by atoms with Gasteiger partial charge in [0.2, 0.25) is 0 Å². The van der Waals surface area contributed by atoms with Gasteiger partial charge in [-0.15, -0.1) is 0 Å². The van der Waals surface area contributed by atoms with Crippen LogP contribution in [0.4, 0.5) is 5.69 Å². The SMILES string of the molecule is Cc1ccc(OCCCCOc2cccc(C)c2C)cc1N. The summed E-state index contributed by atoms with van der Waals surface area (Å²) in [5, 5.41) is 0. The molecule has 0 aliphatic rings. The Morgan fingerprint density at radius 2 is 1.59 bits per heavy atom. The Kier molecular flexibility index (Phi) is 5.70. The molecule has 0 aliphatic heterocycles. The van der Waals surface area contributed by atoms with E-state index in [1.54, 1.807) is 0 Å². The topological polar surface area (TPSA) is 44.5 Å². The molecule has 2 N–H and O–H groups in total. The minimum absolute atomic E-state index is 0.679. The van der Waals surface area contributed by atoms with Crippen molar-refractivity contribution in [3.05, 3.63) is 53.1 Å². The number of hydrogen-bond acceptors (Lipinski definition) is 3. The summed E-state index contributed by atoms with van der Waals surface area (Å²) in [5.74, 6) is 1.81. The average molecular weight is 299 g/mol. The molecule has 0 unspecified atom stereocenters. The molecule has 2 rings (SSSR count). The van der Waals surface area contributed by atoms with Crippen LogP contribution in [0.1, 0.15) is 29.5 Å². The lowest BCUT2D eigenvalue weighted by atomic mass is 10.1. The molecule has 0 saturated heterocycles. The molecule has 0 radical (unpaired) electrons. The van der Waals surface area contributed by atoms with Crippen molar-refractivity contribution in [2.24, 2.45) is 0 Å². The summed E-state index contributed by atoms with van der Waals surface area (Å²) >= 11 is 0. The summed E-state index contributed by atoms with van der Waals surface area (Å²) in [5.41, 5.74) is 10.2. The van der Waals surface area contributed by atoms with Crippen LogP contribution in [-0.4, -0.2) is 13.2 Å². The Labute approximate surface area is 133 Å². The summed E-state index contributed by atoms with van der Waals surface area (Å²) in [7, 11) is 0. The third kappa shape index (κ3) is 4.42. The molecule has 0 aromatic heterocycles. The van der Waals surface area contributed by atoms with Gasteiger partial charge >= 0.3 is 0 Å². The van der Waals surface area contributed by atoms with E-state index >= 15 is 0 Å². The lowest BCUT2D eigenvalue weighted by Gasteiger charge is -2.11. The van der Waals surface area contributed by atoms with E-state index in [-0.39, 0.29) is 0 Å². The van der Waals surface area contributed by atoms with Crippen LogP contribution in [-0.2, 0) is 0 Å². The zero-order chi connectivity index (χ0) is 15.9. The van der Waals surface area contributed by atoms with Gasteiger partial charge in [0.1, 0.15) is 11.5 Å². The number of aryl methyl sites for hydroxylation is 2. The second-order valence-corrected chi connectivity index (χ2v) is 5.62. The van der Waals surface area contributed by atoms with Crippen LogP contribution in [0, 0.1) is 20.8 Å². The van der Waals surface area contributed by atoms with Crippen molar-refractivity contribution in [2.75, 3.05) is 18.9 Å². The van der Waals surface area contributed by atoms with Crippen LogP contribution in [0.25, 0.3) is 0 Å². The van der Waals surface area contributed by atoms with Gasteiger partial charge in [0, 0.05) is 11.8 Å². The number of unbranched alkanes of at least 4 members (excludes halogenated alkanes) is 1. The number of nitrogen functional groups attached to an aromatic ring is 1. The Hall–Kier alpha value is -2.16. The summed E-state index contributed by atoms with van der Waals surface area (Å²) < 4.78 is 11.5. The van der Waals surface area contributed by atoms with Gasteiger partial charge in [-0.05, 0) is 62.4 Å². The van der Waals surface area contributed by atoms with Crippen LogP contribution in [0.3, 0.4) is 0 Å². The van der Waals surface area contributed by atoms with Crippen molar-refractivity contribution < 1.29 is 9.47 Å². The summed E-state index contributed by atoms with van der Waals surface area (Å²) in [4.78, 5) is 0. The molecular weight excluding hydrogens is 274 g/mol. The van der Waals surface area contributed by atoms with Gasteiger partial charge in [0.05, 0.1) is 13.2 Å². The lowest BCUT2D eigenvalue weighted by molar-refractivity contribution is 0.265. The maximum Gasteiger partial charge on any atom is 0.122 e. The fourth-order valence-electron chi connectivity index (χ4n) is 2.17. The fourth-order valence-corrected chi connectivity index (χ4v) is 2.17. The molecule has 0 atom stereocenters. The molecule has 118 valence electrons. The largest absolute Gasteiger partial charge is 0.494 e. The average Bonchev–Trinajstić information content (AvgIpc) is 2.50. The Balaban J connectivity index is 1.67. The van der Waals surface area contributed by atoms with E-state index in [1.165, 1.54) is 11.1 Å². The molecule has 0 aliphatic carbocycles. The second kappa shape index (κ2) is 7.74. The van der Waals surface area contributed by atoms with E-state index in [4.69, 9.17) is 15.2 Å². The molecular formula is C19H25NO2. The van der Waals surface area contributed by atoms with Gasteiger partial charge in [0.25, 0.3) is 0 Å². The van der Waals surface area contributed by atoms with Crippen molar-refractivity contribution in [3.8, 4) is 11.5 Å². The predicted molar refractivity (Wildman–Crippen MR) is 91.7 cm³/mol. The second-order valence-electron chi connectivity index (χ2n) is 5.62. The van der Waals surface area contributed by atoms with E-state index in [2.05, 4.69) is 19.9 Å². The number of rotatable bonds is 7. The molecule has 0 heterocycles. The van der Waals surface area contributed by atoms with Crippen molar-refractivity contribution >= 4 is 5.69 Å². The number of nitrogens with two attached hydrogens (primary N) is 1. The first-order valence-electron chi connectivity index (χ1n) is 7.76. The Bertz CT molecular complexity index is 623. The van der Waals surface area contributed by atoms with Gasteiger partial charge in [0.15, 0.2) is 0 Å². The highest BCUT2D eigenvalue weighted by Gasteiger charge is 2.02. The predicted octanol–water partition coefficient (Wildman–Crippen LogP) is 4.43. The monoisotopic (exact) mass is 299 g/mol. The fraction of sp³-hybridized carbons (Fsp3) is 0.368. The number of benzene rings is 2. The third-order valence-electron chi connectivity index (χ3n) is 3.87. The van der Waals surface area contributed by atoms with Crippen LogP contribution < -0.4 is 15.2 Å². The molecule has 0 fully saturated rings. The molecule has 2 aromatic rings. The number of anilines is 1. The van der Waals surface area contributed by atoms with Gasteiger partial charge in [-0.3, -0.25) is 0 Å². The van der Waals surface area contributed by atoms with Gasteiger partial charge in [-0.25, -0.2) is 0 Å². The molecule has 3 nitrogen and oxygen atoms in total. The standard InChI is InChI=1S/C19H25NO2/c1-14-7-6-8-19(16(14)3)22-12-5-4-11-21-17-10-9-15(2)18(20)13-17/h6-10,13H,4-5,11-12,20H2,1-3H3. The highest BCUT2D eigenvalue weighted by atomic mass is 16.5. The highest BCUT2D eigenvalue weighted by Crippen LogP contribution is 2.21. The Morgan fingerprint density at radius 1 is 0.864 bits per heavy atom. The van der Waals surface area contributed by atoms with E-state index in [1.807, 2.05) is 37.3 Å². The maximum atomic E-state index is 5.86. The first-order chi connectivity index (χ1) is 10.6. The summed E-state index contributed by atoms with van der Waals surface area (Å²) in [6.45, 7) is 7.57.